The molecule has 0 unspecified atom stereocenters. The van der Waals surface area contributed by atoms with Gasteiger partial charge >= 0.3 is 0 Å². The van der Waals surface area contributed by atoms with E-state index >= 15 is 0 Å². The molecule has 0 aliphatic heterocycles. The van der Waals surface area contributed by atoms with E-state index in [1.165, 1.54) is 4.90 Å². The number of nitrogens with zero attached hydrogens (tertiary/aromatic N) is 2. The van der Waals surface area contributed by atoms with Crippen LogP contribution in [0.3, 0.4) is 0 Å². The van der Waals surface area contributed by atoms with E-state index in [1.54, 1.807) is 31.2 Å². The molecular weight excluding hydrogens is 545 g/mol. The van der Waals surface area contributed by atoms with Crippen molar-refractivity contribution >= 4 is 27.5 Å². The van der Waals surface area contributed by atoms with Crippen LogP contribution in [0, 0.1) is 5.82 Å². The predicted molar refractivity (Wildman–Crippen MR) is 158 cm³/mol. The summed E-state index contributed by atoms with van der Waals surface area (Å²) in [5.74, 6) is -0.947. The fourth-order valence-corrected chi connectivity index (χ4v) is 5.70. The third-order valence-electron chi connectivity index (χ3n) is 6.20. The minimum Gasteiger partial charge on any atom is -0.494 e. The minimum absolute atomic E-state index is 0.101. The molecule has 0 heterocycles. The maximum absolute atomic E-state index is 14.1. The molecule has 1 atom stereocenters. The van der Waals surface area contributed by atoms with Crippen molar-refractivity contribution in [1.29, 1.82) is 0 Å². The lowest BCUT2D eigenvalue weighted by molar-refractivity contribution is -0.141. The topological polar surface area (TPSA) is 96.0 Å². The zero-order chi connectivity index (χ0) is 30.2. The molecule has 3 rings (SSSR count). The number of anilines is 1. The van der Waals surface area contributed by atoms with Crippen LogP contribution in [-0.2, 0) is 26.2 Å². The maximum Gasteiger partial charge on any atom is 0.264 e. The zero-order valence-corrected chi connectivity index (χ0v) is 24.9. The van der Waals surface area contributed by atoms with Crippen molar-refractivity contribution < 1.29 is 27.1 Å². The van der Waals surface area contributed by atoms with Gasteiger partial charge in [0.25, 0.3) is 10.0 Å². The van der Waals surface area contributed by atoms with Crippen LogP contribution in [-0.4, -0.2) is 49.9 Å². The van der Waals surface area contributed by atoms with Crippen LogP contribution >= 0.6 is 0 Å². The van der Waals surface area contributed by atoms with Gasteiger partial charge in [-0.15, -0.1) is 0 Å². The number of rotatable bonds is 12. The van der Waals surface area contributed by atoms with Gasteiger partial charge in [0.05, 0.1) is 17.2 Å². The number of sulfonamides is 1. The molecule has 0 radical (unpaired) electrons. The number of carbonyl (C=O) groups is 2. The SMILES string of the molecule is CCOc1ccc(N(CC(=O)N(Cc2ccccc2)[C@@H](CC)C(=O)NC(C)(C)C)S(=O)(=O)c2ccc(F)cc2)cc1. The standard InChI is InChI=1S/C31H38FN3O5S/c1-6-28(30(37)33-31(3,4)5)34(21-23-11-9-8-10-12-23)29(36)22-35(25-15-17-26(18-16-25)40-7-2)41(38,39)27-19-13-24(32)14-20-27/h8-20,28H,6-7,21-22H2,1-5H3,(H,33,37)/t28-/m0/s1. The van der Waals surface area contributed by atoms with E-state index in [9.17, 15) is 22.4 Å². The summed E-state index contributed by atoms with van der Waals surface area (Å²) >= 11 is 0. The average molecular weight is 584 g/mol. The van der Waals surface area contributed by atoms with Gasteiger partial charge < -0.3 is 15.0 Å². The molecule has 0 aliphatic rings. The van der Waals surface area contributed by atoms with Crippen molar-refractivity contribution in [2.75, 3.05) is 17.5 Å². The molecule has 8 nitrogen and oxygen atoms in total. The third kappa shape index (κ3) is 8.53. The lowest BCUT2D eigenvalue weighted by atomic mass is 10.1. The van der Waals surface area contributed by atoms with Crippen LogP contribution in [0.25, 0.3) is 0 Å². The third-order valence-corrected chi connectivity index (χ3v) is 7.98. The van der Waals surface area contributed by atoms with E-state index in [1.807, 2.05) is 58.0 Å². The van der Waals surface area contributed by atoms with E-state index in [2.05, 4.69) is 5.32 Å². The molecule has 0 saturated heterocycles. The summed E-state index contributed by atoms with van der Waals surface area (Å²) in [6.07, 6.45) is 0.314. The van der Waals surface area contributed by atoms with Crippen LogP contribution in [0.5, 0.6) is 5.75 Å². The quantitative estimate of drug-likeness (QED) is 0.319. The Hall–Kier alpha value is -3.92. The van der Waals surface area contributed by atoms with Gasteiger partial charge in [0.1, 0.15) is 24.2 Å². The molecule has 41 heavy (non-hydrogen) atoms. The summed E-state index contributed by atoms with van der Waals surface area (Å²) in [5, 5.41) is 2.94. The molecule has 3 aromatic rings. The minimum atomic E-state index is -4.30. The van der Waals surface area contributed by atoms with Crippen molar-refractivity contribution in [3.8, 4) is 5.75 Å². The molecule has 220 valence electrons. The number of hydrogen-bond acceptors (Lipinski definition) is 5. The monoisotopic (exact) mass is 583 g/mol. The molecule has 0 aromatic heterocycles. The summed E-state index contributed by atoms with van der Waals surface area (Å²) in [4.78, 5) is 28.6. The lowest BCUT2D eigenvalue weighted by Crippen LogP contribution is -2.55. The van der Waals surface area contributed by atoms with Gasteiger partial charge in [-0.2, -0.15) is 0 Å². The van der Waals surface area contributed by atoms with Gasteiger partial charge in [0.15, 0.2) is 0 Å². The van der Waals surface area contributed by atoms with Crippen molar-refractivity contribution in [2.24, 2.45) is 0 Å². The van der Waals surface area contributed by atoms with Crippen molar-refractivity contribution in [3.63, 3.8) is 0 Å². The van der Waals surface area contributed by atoms with Gasteiger partial charge in [0, 0.05) is 12.1 Å². The summed E-state index contributed by atoms with van der Waals surface area (Å²) < 4.78 is 47.8. The van der Waals surface area contributed by atoms with Gasteiger partial charge in [-0.1, -0.05) is 37.3 Å². The number of amides is 2. The first kappa shape index (κ1) is 31.6. The average Bonchev–Trinajstić information content (AvgIpc) is 2.92. The summed E-state index contributed by atoms with van der Waals surface area (Å²) in [7, 11) is -4.30. The maximum atomic E-state index is 14.1. The van der Waals surface area contributed by atoms with Crippen molar-refractivity contribution in [1.82, 2.24) is 10.2 Å². The number of ether oxygens (including phenoxy) is 1. The normalized spacial score (nSPS) is 12.3. The number of hydrogen-bond donors (Lipinski definition) is 1. The second-order valence-corrected chi connectivity index (χ2v) is 12.4. The fourth-order valence-electron chi connectivity index (χ4n) is 4.29. The molecule has 0 aliphatic carbocycles. The second-order valence-electron chi connectivity index (χ2n) is 10.6. The lowest BCUT2D eigenvalue weighted by Gasteiger charge is -2.34. The highest BCUT2D eigenvalue weighted by molar-refractivity contribution is 7.92. The highest BCUT2D eigenvalue weighted by Gasteiger charge is 2.34. The van der Waals surface area contributed by atoms with Gasteiger partial charge in [-0.3, -0.25) is 13.9 Å². The first-order chi connectivity index (χ1) is 19.4. The molecule has 2 amide bonds. The Morgan fingerprint density at radius 3 is 2.07 bits per heavy atom. The molecule has 0 fully saturated rings. The van der Waals surface area contributed by atoms with E-state index in [0.29, 0.717) is 18.8 Å². The highest BCUT2D eigenvalue weighted by Crippen LogP contribution is 2.27. The molecule has 3 aromatic carbocycles. The van der Waals surface area contributed by atoms with Crippen LogP contribution in [0.15, 0.2) is 83.8 Å². The van der Waals surface area contributed by atoms with Crippen LogP contribution in [0.1, 0.15) is 46.6 Å². The molecule has 0 spiro atoms. The molecular formula is C31H38FN3O5S. The highest BCUT2D eigenvalue weighted by atomic mass is 32.2. The van der Waals surface area contributed by atoms with E-state index in [-0.39, 0.29) is 23.0 Å². The Balaban J connectivity index is 2.06. The largest absolute Gasteiger partial charge is 0.494 e. The summed E-state index contributed by atoms with van der Waals surface area (Å²) in [6, 6.07) is 19.1. The number of nitrogens with one attached hydrogen (secondary N) is 1. The molecule has 0 saturated carbocycles. The van der Waals surface area contributed by atoms with Gasteiger partial charge in [0.2, 0.25) is 11.8 Å². The number of halogens is 1. The van der Waals surface area contributed by atoms with E-state index in [0.717, 1.165) is 34.1 Å². The van der Waals surface area contributed by atoms with Crippen LogP contribution < -0.4 is 14.4 Å². The first-order valence-electron chi connectivity index (χ1n) is 13.5. The van der Waals surface area contributed by atoms with Gasteiger partial charge in [-0.05, 0) is 88.2 Å². The van der Waals surface area contributed by atoms with Crippen molar-refractivity contribution in [3.05, 3.63) is 90.2 Å². The molecule has 1 N–H and O–H groups in total. The number of carbonyl (C=O) groups excluding carboxylic acids is 2. The Kier molecular flexibility index (Phi) is 10.5. The van der Waals surface area contributed by atoms with Crippen LogP contribution in [0.4, 0.5) is 10.1 Å². The van der Waals surface area contributed by atoms with Crippen molar-refractivity contribution in [2.45, 2.75) is 64.1 Å². The Bertz CT molecular complexity index is 1410. The molecule has 0 bridgehead atoms. The number of benzene rings is 3. The van der Waals surface area contributed by atoms with E-state index in [4.69, 9.17) is 4.74 Å². The second kappa shape index (κ2) is 13.6. The molecule has 10 heteroatoms. The predicted octanol–water partition coefficient (Wildman–Crippen LogP) is 5.14. The smallest absolute Gasteiger partial charge is 0.264 e. The zero-order valence-electron chi connectivity index (χ0n) is 24.1. The summed E-state index contributed by atoms with van der Waals surface area (Å²) in [6.45, 7) is 9.14. The fraction of sp³-hybridized carbons (Fsp3) is 0.355. The van der Waals surface area contributed by atoms with Gasteiger partial charge in [-0.25, -0.2) is 12.8 Å². The van der Waals surface area contributed by atoms with Crippen LogP contribution in [0.2, 0.25) is 0 Å². The summed E-state index contributed by atoms with van der Waals surface area (Å²) in [5.41, 5.74) is 0.474. The Morgan fingerprint density at radius 1 is 0.927 bits per heavy atom. The Labute approximate surface area is 242 Å². The van der Waals surface area contributed by atoms with E-state index < -0.39 is 39.9 Å². The first-order valence-corrected chi connectivity index (χ1v) is 15.0. The Morgan fingerprint density at radius 2 is 1.54 bits per heavy atom.